The molecule has 0 aliphatic rings. The van der Waals surface area contributed by atoms with Crippen LogP contribution in [0.2, 0.25) is 0 Å². The molecule has 12 heteroatoms. The number of nitrogens with two attached hydrogens (primary N) is 2. The molecule has 0 radical (unpaired) electrons. The van der Waals surface area contributed by atoms with Crippen LogP contribution in [-0.2, 0) is 0 Å². The summed E-state index contributed by atoms with van der Waals surface area (Å²) in [6.45, 7) is 3.16. The van der Waals surface area contributed by atoms with E-state index < -0.39 is 12.5 Å². The van der Waals surface area contributed by atoms with Gasteiger partial charge in [-0.15, -0.1) is 13.2 Å². The number of benzene rings is 3. The lowest BCUT2D eigenvalue weighted by Gasteiger charge is -2.26. The molecule has 0 saturated heterocycles. The van der Waals surface area contributed by atoms with Gasteiger partial charge in [-0.1, -0.05) is 18.2 Å². The average molecular weight is 573 g/mol. The van der Waals surface area contributed by atoms with Crippen LogP contribution in [0.25, 0.3) is 22.5 Å². The number of hydrogen-bond donors (Lipinski definition) is 3. The normalized spacial score (nSPS) is 12.8. The van der Waals surface area contributed by atoms with Crippen LogP contribution in [0.15, 0.2) is 84.0 Å². The molecule has 0 saturated carbocycles. The third kappa shape index (κ3) is 6.58. The summed E-state index contributed by atoms with van der Waals surface area (Å²) in [5.41, 5.74) is 9.86. The van der Waals surface area contributed by atoms with Gasteiger partial charge in [-0.3, -0.25) is 9.73 Å². The van der Waals surface area contributed by atoms with Crippen molar-refractivity contribution >= 4 is 23.3 Å². The second kappa shape index (κ2) is 12.0. The van der Waals surface area contributed by atoms with Crippen LogP contribution in [0, 0.1) is 6.92 Å². The Morgan fingerprint density at radius 3 is 2.40 bits per heavy atom. The van der Waals surface area contributed by atoms with Crippen molar-refractivity contribution in [3.05, 3.63) is 96.2 Å². The predicted molar refractivity (Wildman–Crippen MR) is 150 cm³/mol. The molecule has 1 atom stereocenters. The molecule has 40 heavy (non-hydrogen) atoms. The summed E-state index contributed by atoms with van der Waals surface area (Å²) in [5.74, 6) is 6.82. The zero-order valence-electron chi connectivity index (χ0n) is 21.9. The van der Waals surface area contributed by atoms with E-state index in [1.165, 1.54) is 54.3 Å². The number of rotatable bonds is 9. The highest BCUT2D eigenvalue weighted by atomic mass is 32.2. The number of hydrazine groups is 1. The molecule has 0 amide bonds. The van der Waals surface area contributed by atoms with Crippen molar-refractivity contribution in [1.82, 2.24) is 14.3 Å². The standard InChI is InChI=1S/C28H28F4N6OS/c1-17(29)24-16-37(18(2)36-24)25-12-9-21(20-5-4-6-23(13-20)40-35-3)14-26(25)38(34)27(15-33)19-7-10-22(11-8-19)39-28(30,31)32/h4-17,35H,33-34H2,1-3H3/b27-15-. The second-order valence-electron chi connectivity index (χ2n) is 8.73. The summed E-state index contributed by atoms with van der Waals surface area (Å²) in [6.07, 6.45) is -3.23. The molecule has 4 rings (SSSR count). The zero-order valence-corrected chi connectivity index (χ0v) is 22.7. The molecule has 0 aliphatic carbocycles. The number of aromatic nitrogens is 2. The lowest BCUT2D eigenvalue weighted by molar-refractivity contribution is -0.274. The van der Waals surface area contributed by atoms with Gasteiger partial charge >= 0.3 is 6.36 Å². The largest absolute Gasteiger partial charge is 0.573 e. The Labute approximate surface area is 233 Å². The fourth-order valence-corrected chi connectivity index (χ4v) is 4.73. The van der Waals surface area contributed by atoms with Crippen molar-refractivity contribution in [2.45, 2.75) is 31.3 Å². The number of aryl methyl sites for hydroxylation is 1. The van der Waals surface area contributed by atoms with Crippen molar-refractivity contribution in [2.24, 2.45) is 11.6 Å². The van der Waals surface area contributed by atoms with E-state index in [2.05, 4.69) is 14.4 Å². The van der Waals surface area contributed by atoms with Crippen LogP contribution >= 0.6 is 11.9 Å². The van der Waals surface area contributed by atoms with Crippen LogP contribution in [0.5, 0.6) is 5.75 Å². The topological polar surface area (TPSA) is 94.4 Å². The Bertz CT molecular complexity index is 1500. The Balaban J connectivity index is 1.82. The second-order valence-corrected chi connectivity index (χ2v) is 9.81. The molecule has 0 aliphatic heterocycles. The van der Waals surface area contributed by atoms with E-state index in [1.807, 2.05) is 49.5 Å². The van der Waals surface area contributed by atoms with E-state index in [0.29, 0.717) is 28.5 Å². The van der Waals surface area contributed by atoms with Crippen molar-refractivity contribution < 1.29 is 22.3 Å². The van der Waals surface area contributed by atoms with Gasteiger partial charge in [0.05, 0.1) is 22.8 Å². The molecule has 1 aromatic heterocycles. The van der Waals surface area contributed by atoms with Crippen LogP contribution < -0.4 is 26.0 Å². The van der Waals surface area contributed by atoms with Gasteiger partial charge in [0.2, 0.25) is 0 Å². The average Bonchev–Trinajstić information content (AvgIpc) is 3.31. The summed E-state index contributed by atoms with van der Waals surface area (Å²) in [4.78, 5) is 5.34. The highest BCUT2D eigenvalue weighted by molar-refractivity contribution is 7.97. The third-order valence-corrected chi connectivity index (χ3v) is 6.69. The van der Waals surface area contributed by atoms with E-state index >= 15 is 0 Å². The minimum atomic E-state index is -4.81. The SMILES string of the molecule is CNSc1cccc(-c2ccc(-n3cc(C(C)F)nc3C)c(N(N)/C(=C\N)c3ccc(OC(F)(F)F)cc3)c2)c1. The number of nitrogens with zero attached hydrogens (tertiary/aromatic N) is 3. The van der Waals surface area contributed by atoms with Crippen LogP contribution in [0.4, 0.5) is 23.2 Å². The quantitative estimate of drug-likeness (QED) is 0.0896. The summed E-state index contributed by atoms with van der Waals surface area (Å²) < 4.78 is 60.8. The van der Waals surface area contributed by atoms with Crippen LogP contribution in [0.1, 0.15) is 30.2 Å². The maximum Gasteiger partial charge on any atom is 0.573 e. The molecule has 7 nitrogen and oxygen atoms in total. The van der Waals surface area contributed by atoms with Gasteiger partial charge in [0.15, 0.2) is 0 Å². The smallest absolute Gasteiger partial charge is 0.406 e. The molecule has 3 aromatic carbocycles. The Morgan fingerprint density at radius 2 is 1.80 bits per heavy atom. The molecule has 0 bridgehead atoms. The Morgan fingerprint density at radius 1 is 1.10 bits per heavy atom. The summed E-state index contributed by atoms with van der Waals surface area (Å²) in [7, 11) is 1.83. The maximum absolute atomic E-state index is 14.1. The summed E-state index contributed by atoms with van der Waals surface area (Å²) in [6, 6.07) is 18.7. The van der Waals surface area contributed by atoms with Crippen molar-refractivity contribution in [3.63, 3.8) is 0 Å². The molecule has 0 fully saturated rings. The van der Waals surface area contributed by atoms with E-state index in [1.54, 1.807) is 17.7 Å². The molecule has 210 valence electrons. The molecular weight excluding hydrogens is 544 g/mol. The predicted octanol–water partition coefficient (Wildman–Crippen LogP) is 6.64. The number of anilines is 1. The first kappa shape index (κ1) is 29.0. The van der Waals surface area contributed by atoms with Gasteiger partial charge in [0.1, 0.15) is 17.7 Å². The van der Waals surface area contributed by atoms with E-state index in [4.69, 9.17) is 11.6 Å². The lowest BCUT2D eigenvalue weighted by atomic mass is 10.0. The number of nitrogens with one attached hydrogen (secondary N) is 1. The number of imidazole rings is 1. The van der Waals surface area contributed by atoms with E-state index in [-0.39, 0.29) is 11.4 Å². The molecular formula is C28H28F4N6OS. The Kier molecular flexibility index (Phi) is 8.72. The number of hydrogen-bond acceptors (Lipinski definition) is 7. The Hall–Kier alpha value is -4.00. The first-order valence-corrected chi connectivity index (χ1v) is 12.9. The number of alkyl halides is 4. The lowest BCUT2D eigenvalue weighted by Crippen LogP contribution is -2.31. The minimum absolute atomic E-state index is 0.266. The fraction of sp³-hybridized carbons (Fsp3) is 0.179. The monoisotopic (exact) mass is 572 g/mol. The highest BCUT2D eigenvalue weighted by Gasteiger charge is 2.31. The van der Waals surface area contributed by atoms with Gasteiger partial charge in [0.25, 0.3) is 0 Å². The van der Waals surface area contributed by atoms with Crippen molar-refractivity contribution in [2.75, 3.05) is 12.1 Å². The molecule has 1 heterocycles. The van der Waals surface area contributed by atoms with Gasteiger partial charge < -0.3 is 15.0 Å². The number of halogens is 4. The van der Waals surface area contributed by atoms with Crippen LogP contribution in [-0.4, -0.2) is 23.0 Å². The van der Waals surface area contributed by atoms with Gasteiger partial charge in [-0.2, -0.15) is 0 Å². The minimum Gasteiger partial charge on any atom is -0.406 e. The number of ether oxygens (including phenoxy) is 1. The fourth-order valence-electron chi connectivity index (χ4n) is 4.16. The van der Waals surface area contributed by atoms with Crippen molar-refractivity contribution in [1.29, 1.82) is 0 Å². The van der Waals surface area contributed by atoms with E-state index in [9.17, 15) is 17.6 Å². The zero-order chi connectivity index (χ0) is 29.0. The van der Waals surface area contributed by atoms with Gasteiger partial charge in [-0.25, -0.2) is 15.2 Å². The molecule has 4 aromatic rings. The van der Waals surface area contributed by atoms with Gasteiger partial charge in [-0.05, 0) is 92.5 Å². The molecule has 1 unspecified atom stereocenters. The first-order chi connectivity index (χ1) is 19.0. The van der Waals surface area contributed by atoms with Crippen LogP contribution in [0.3, 0.4) is 0 Å². The highest BCUT2D eigenvalue weighted by Crippen LogP contribution is 2.36. The van der Waals surface area contributed by atoms with E-state index in [0.717, 1.165) is 16.0 Å². The molecule has 5 N–H and O–H groups in total. The first-order valence-electron chi connectivity index (χ1n) is 12.1. The molecule has 0 spiro atoms. The summed E-state index contributed by atoms with van der Waals surface area (Å²) in [5, 5.41) is 1.34. The third-order valence-electron chi connectivity index (χ3n) is 5.99. The van der Waals surface area contributed by atoms with Gasteiger partial charge in [0, 0.05) is 22.9 Å². The summed E-state index contributed by atoms with van der Waals surface area (Å²) >= 11 is 1.47. The van der Waals surface area contributed by atoms with Crippen molar-refractivity contribution in [3.8, 4) is 22.6 Å². The maximum atomic E-state index is 14.1.